The number of rotatable bonds is 9. The summed E-state index contributed by atoms with van der Waals surface area (Å²) in [6.45, 7) is 4.10. The Morgan fingerprint density at radius 2 is 1.67 bits per heavy atom. The predicted octanol–water partition coefficient (Wildman–Crippen LogP) is 5.19. The molecule has 0 radical (unpaired) electrons. The number of benzene rings is 3. The largest absolute Gasteiger partial charge is 0.508 e. The van der Waals surface area contributed by atoms with E-state index >= 15 is 8.78 Å². The Morgan fingerprint density at radius 3 is 2.41 bits per heavy atom. The number of fused-ring (bicyclic) bond motifs is 5. The van der Waals surface area contributed by atoms with Crippen molar-refractivity contribution in [2.45, 2.75) is 75.4 Å². The van der Waals surface area contributed by atoms with Gasteiger partial charge in [-0.05, 0) is 105 Å². The topological polar surface area (TPSA) is 170 Å². The first kappa shape index (κ1) is 40.2. The maximum atomic E-state index is 17.1. The lowest BCUT2D eigenvalue weighted by Crippen LogP contribution is -2.54. The van der Waals surface area contributed by atoms with Crippen molar-refractivity contribution in [1.29, 1.82) is 0 Å². The normalized spacial score (nSPS) is 23.2. The van der Waals surface area contributed by atoms with Gasteiger partial charge in [0.2, 0.25) is 11.8 Å². The van der Waals surface area contributed by atoms with Gasteiger partial charge in [0.15, 0.2) is 5.82 Å². The fourth-order valence-corrected chi connectivity index (χ4v) is 10.6. The van der Waals surface area contributed by atoms with Gasteiger partial charge in [-0.15, -0.1) is 6.42 Å². The van der Waals surface area contributed by atoms with Crippen LogP contribution in [0, 0.1) is 29.4 Å². The zero-order chi connectivity index (χ0) is 44.0. The number of likely N-dealkylation sites (tertiary alicyclic amines) is 1. The number of anilines is 1. The van der Waals surface area contributed by atoms with E-state index in [0.29, 0.717) is 41.9 Å². The van der Waals surface area contributed by atoms with E-state index in [-0.39, 0.29) is 81.3 Å². The van der Waals surface area contributed by atoms with E-state index in [0.717, 1.165) is 68.6 Å². The number of ether oxygens (including phenoxy) is 1. The summed E-state index contributed by atoms with van der Waals surface area (Å²) in [4.78, 5) is 70.6. The van der Waals surface area contributed by atoms with Crippen LogP contribution in [0.1, 0.15) is 89.1 Å². The van der Waals surface area contributed by atoms with Gasteiger partial charge in [-0.1, -0.05) is 18.1 Å². The number of imide groups is 2. The number of halogens is 2. The van der Waals surface area contributed by atoms with Crippen LogP contribution in [0.3, 0.4) is 0 Å². The van der Waals surface area contributed by atoms with Crippen LogP contribution in [-0.2, 0) is 9.59 Å². The minimum Gasteiger partial charge on any atom is -0.508 e. The van der Waals surface area contributed by atoms with Crippen molar-refractivity contribution < 1.29 is 37.8 Å². The zero-order valence-corrected chi connectivity index (χ0v) is 34.8. The van der Waals surface area contributed by atoms with E-state index in [1.54, 1.807) is 12.1 Å². The molecular formula is C48H44F2N8O6. The minimum absolute atomic E-state index is 0.000691. The number of aromatic nitrogens is 3. The van der Waals surface area contributed by atoms with E-state index in [4.69, 9.17) is 16.1 Å². The molecule has 7 heterocycles. The molecule has 16 heteroatoms. The highest BCUT2D eigenvalue weighted by Gasteiger charge is 2.47. The van der Waals surface area contributed by atoms with Crippen LogP contribution in [0.2, 0.25) is 0 Å². The van der Waals surface area contributed by atoms with Crippen molar-refractivity contribution in [3.05, 3.63) is 82.5 Å². The van der Waals surface area contributed by atoms with Crippen LogP contribution in [-0.4, -0.2) is 111 Å². The molecule has 3 unspecified atom stereocenters. The second-order valence-electron chi connectivity index (χ2n) is 18.3. The fourth-order valence-electron chi connectivity index (χ4n) is 10.6. The third-order valence-corrected chi connectivity index (χ3v) is 14.2. The number of terminal acetylenes is 1. The highest BCUT2D eigenvalue weighted by molar-refractivity contribution is 6.23. The van der Waals surface area contributed by atoms with Gasteiger partial charge in [-0.3, -0.25) is 34.4 Å². The molecule has 5 fully saturated rings. The Balaban J connectivity index is 0.817. The molecular weight excluding hydrogens is 823 g/mol. The Kier molecular flexibility index (Phi) is 9.62. The summed E-state index contributed by atoms with van der Waals surface area (Å²) in [6.07, 6.45) is 13.1. The lowest BCUT2D eigenvalue weighted by atomic mass is 9.87. The molecule has 326 valence electrons. The molecule has 5 aliphatic heterocycles. The maximum absolute atomic E-state index is 17.1. The van der Waals surface area contributed by atoms with Gasteiger partial charge < -0.3 is 25.0 Å². The maximum Gasteiger partial charge on any atom is 0.319 e. The van der Waals surface area contributed by atoms with Gasteiger partial charge in [0.1, 0.15) is 34.6 Å². The lowest BCUT2D eigenvalue weighted by Gasteiger charge is -2.35. The van der Waals surface area contributed by atoms with Gasteiger partial charge in [0.05, 0.1) is 28.7 Å². The summed E-state index contributed by atoms with van der Waals surface area (Å²) < 4.78 is 38.5. The zero-order valence-electron chi connectivity index (χ0n) is 34.8. The summed E-state index contributed by atoms with van der Waals surface area (Å²) in [5, 5.41) is 17.6. The first-order valence-electron chi connectivity index (χ1n) is 22.0. The van der Waals surface area contributed by atoms with E-state index in [9.17, 15) is 24.3 Å². The van der Waals surface area contributed by atoms with E-state index < -0.39 is 41.3 Å². The van der Waals surface area contributed by atoms with Gasteiger partial charge in [-0.25, -0.2) is 8.78 Å². The second-order valence-corrected chi connectivity index (χ2v) is 18.3. The third kappa shape index (κ3) is 6.89. The Morgan fingerprint density at radius 1 is 0.906 bits per heavy atom. The highest BCUT2D eigenvalue weighted by Crippen LogP contribution is 2.48. The summed E-state index contributed by atoms with van der Waals surface area (Å²) in [6, 6.07) is 10.4. The highest BCUT2D eigenvalue weighted by atomic mass is 19.1. The van der Waals surface area contributed by atoms with Gasteiger partial charge in [0, 0.05) is 60.7 Å². The number of nitrogens with zero attached hydrogens (tertiary/aromatic N) is 6. The number of hydrogen-bond donors (Lipinski definition) is 3. The summed E-state index contributed by atoms with van der Waals surface area (Å²) in [5.74, 6) is -0.537. The van der Waals surface area contributed by atoms with E-state index in [2.05, 4.69) is 36.3 Å². The molecule has 5 aromatic rings. The monoisotopic (exact) mass is 866 g/mol. The van der Waals surface area contributed by atoms with Crippen molar-refractivity contribution in [3.8, 4) is 35.4 Å². The molecule has 64 heavy (non-hydrogen) atoms. The summed E-state index contributed by atoms with van der Waals surface area (Å²) in [5.41, 5.74) is 1.34. The Bertz CT molecular complexity index is 2880. The number of piperidine rings is 2. The smallest absolute Gasteiger partial charge is 0.319 e. The second kappa shape index (κ2) is 15.3. The quantitative estimate of drug-likeness (QED) is 0.131. The van der Waals surface area contributed by atoms with Crippen LogP contribution in [0.25, 0.3) is 32.9 Å². The number of carbonyl (C=O) groups is 4. The Hall–Kier alpha value is -6.57. The molecule has 11 rings (SSSR count). The molecule has 1 saturated carbocycles. The molecule has 2 bridgehead atoms. The third-order valence-electron chi connectivity index (χ3n) is 14.2. The van der Waals surface area contributed by atoms with Crippen molar-refractivity contribution in [2.75, 3.05) is 44.2 Å². The van der Waals surface area contributed by atoms with Crippen LogP contribution < -0.4 is 20.3 Å². The number of amides is 4. The molecule has 3 N–H and O–H groups in total. The molecule has 0 spiro atoms. The number of pyridine rings is 1. The average Bonchev–Trinajstić information content (AvgIpc) is 3.91. The SMILES string of the molecule is C#Cc1c(F)ccc2cc(O)cc(-c3ncc4c(N5CC6CCC(C5)N6)nc(OCC5(CN6CCC(c7ccc8c(c7)C(=O)N(C7CCC(=O)NC7=O)C8=O)CC6)CC5)nc4c3F)c12. The fraction of sp³-hybridized carbons (Fsp3) is 0.396. The minimum atomic E-state index is -1.01. The Labute approximate surface area is 366 Å². The number of piperazine rings is 1. The van der Waals surface area contributed by atoms with E-state index in [1.807, 2.05) is 6.07 Å². The number of aromatic hydroxyl groups is 1. The van der Waals surface area contributed by atoms with E-state index in [1.165, 1.54) is 30.5 Å². The number of nitrogens with one attached hydrogen (secondary N) is 2. The molecule has 3 aromatic carbocycles. The van der Waals surface area contributed by atoms with Gasteiger partial charge in [0.25, 0.3) is 11.8 Å². The first-order chi connectivity index (χ1) is 31.0. The molecule has 2 aromatic heterocycles. The first-order valence-corrected chi connectivity index (χ1v) is 22.0. The molecule has 4 amide bonds. The average molecular weight is 867 g/mol. The lowest BCUT2D eigenvalue weighted by molar-refractivity contribution is -0.136. The predicted molar refractivity (Wildman–Crippen MR) is 231 cm³/mol. The summed E-state index contributed by atoms with van der Waals surface area (Å²) in [7, 11) is 0. The molecule has 14 nitrogen and oxygen atoms in total. The molecule has 1 aliphatic carbocycles. The van der Waals surface area contributed by atoms with Gasteiger partial charge >= 0.3 is 6.01 Å². The number of phenols is 1. The van der Waals surface area contributed by atoms with Crippen LogP contribution in [0.4, 0.5) is 14.6 Å². The molecule has 6 aliphatic rings. The van der Waals surface area contributed by atoms with Crippen LogP contribution in [0.15, 0.2) is 48.7 Å². The van der Waals surface area contributed by atoms with Crippen molar-refractivity contribution in [2.24, 2.45) is 5.41 Å². The van der Waals surface area contributed by atoms with Crippen molar-refractivity contribution in [1.82, 2.24) is 35.4 Å². The number of carbonyl (C=O) groups excluding carboxylic acids is 4. The number of phenolic OH excluding ortho intramolecular Hbond substituents is 1. The van der Waals surface area contributed by atoms with Crippen molar-refractivity contribution in [3.63, 3.8) is 0 Å². The van der Waals surface area contributed by atoms with Crippen molar-refractivity contribution >= 4 is 51.1 Å². The standard InChI is InChI=1S/C48H44F2N8O6/c1-2-31-36(49)8-4-27-17-30(59)19-34(39(27)31)41-40(50)42-35(20-51-41)43(57-21-28-5-6-29(22-57)52-28)55-47(54-42)64-24-48(13-14-48)23-56-15-11-25(12-16-56)26-3-7-32-33(18-26)46(63)58(45(32)62)37-9-10-38(60)53-44(37)61/h1,3-4,7-8,17-20,25,28-29,37,52,59H,5-6,9-16,21-24H2,(H,53,60,61). The molecule has 4 saturated heterocycles. The van der Waals surface area contributed by atoms with Crippen LogP contribution in [0.5, 0.6) is 11.8 Å². The summed E-state index contributed by atoms with van der Waals surface area (Å²) >= 11 is 0. The molecule has 3 atom stereocenters. The van der Waals surface area contributed by atoms with Gasteiger partial charge in [-0.2, -0.15) is 9.97 Å². The van der Waals surface area contributed by atoms with Crippen LogP contribution >= 0.6 is 0 Å². The number of hydrogen-bond acceptors (Lipinski definition) is 12.